The lowest BCUT2D eigenvalue weighted by Crippen LogP contribution is -1.80. The van der Waals surface area contributed by atoms with Crippen LogP contribution < -0.4 is 0 Å². The van der Waals surface area contributed by atoms with Crippen LogP contribution >= 0.6 is 0 Å². The molecule has 0 heterocycles. The van der Waals surface area contributed by atoms with Gasteiger partial charge in [-0.05, 0) is 0 Å². The average molecular weight is 133 g/mol. The summed E-state index contributed by atoms with van der Waals surface area (Å²) >= 11 is 0. The summed E-state index contributed by atoms with van der Waals surface area (Å²) in [5.41, 5.74) is 0.623. The number of nitrogens with one attached hydrogen (secondary N) is 1. The summed E-state index contributed by atoms with van der Waals surface area (Å²) in [4.78, 5) is 0. The molecule has 0 aliphatic carbocycles. The maximum Gasteiger partial charge on any atom is 0.185 e. The largest absolute Gasteiger partial charge is 0.500 e. The molecule has 1 rings (SSSR count). The SMILES string of the molecule is N=C=C(O)c1ccccc1. The summed E-state index contributed by atoms with van der Waals surface area (Å²) in [5.74, 6) is 1.78. The molecule has 1 aromatic rings. The molecule has 0 aromatic heterocycles. The van der Waals surface area contributed by atoms with Crippen LogP contribution in [0.5, 0.6) is 0 Å². The van der Waals surface area contributed by atoms with E-state index in [1.807, 2.05) is 11.9 Å². The number of rotatable bonds is 1. The number of benzene rings is 1. The molecule has 0 amide bonds. The van der Waals surface area contributed by atoms with Crippen LogP contribution in [-0.4, -0.2) is 11.0 Å². The molecule has 0 saturated heterocycles. The van der Waals surface area contributed by atoms with Crippen LogP contribution in [0.3, 0.4) is 0 Å². The maximum atomic E-state index is 8.95. The fourth-order valence-electron chi connectivity index (χ4n) is 0.668. The minimum atomic E-state index is -0.124. The monoisotopic (exact) mass is 133 g/mol. The molecule has 2 N–H and O–H groups in total. The maximum absolute atomic E-state index is 8.95. The van der Waals surface area contributed by atoms with Crippen molar-refractivity contribution < 1.29 is 5.11 Å². The van der Waals surface area contributed by atoms with Gasteiger partial charge in [0.15, 0.2) is 5.76 Å². The van der Waals surface area contributed by atoms with Crippen LogP contribution in [0.15, 0.2) is 30.3 Å². The first-order valence-electron chi connectivity index (χ1n) is 2.88. The summed E-state index contributed by atoms with van der Waals surface area (Å²) in [7, 11) is 0. The Morgan fingerprint density at radius 3 is 2.40 bits per heavy atom. The second-order valence-corrected chi connectivity index (χ2v) is 1.84. The number of hydrogen-bond acceptors (Lipinski definition) is 2. The molecule has 0 aliphatic rings. The Labute approximate surface area is 59.0 Å². The summed E-state index contributed by atoms with van der Waals surface area (Å²) in [6, 6.07) is 8.88. The highest BCUT2D eigenvalue weighted by Gasteiger charge is 1.92. The van der Waals surface area contributed by atoms with E-state index in [0.717, 1.165) is 0 Å². The topological polar surface area (TPSA) is 44.1 Å². The zero-order valence-electron chi connectivity index (χ0n) is 5.33. The van der Waals surface area contributed by atoms with Crippen molar-refractivity contribution >= 4 is 11.6 Å². The van der Waals surface area contributed by atoms with E-state index in [9.17, 15) is 0 Å². The van der Waals surface area contributed by atoms with Crippen molar-refractivity contribution in [1.29, 1.82) is 5.41 Å². The summed E-state index contributed by atoms with van der Waals surface area (Å²) in [5, 5.41) is 15.6. The summed E-state index contributed by atoms with van der Waals surface area (Å²) < 4.78 is 0. The molecule has 0 spiro atoms. The van der Waals surface area contributed by atoms with E-state index in [2.05, 4.69) is 0 Å². The van der Waals surface area contributed by atoms with Gasteiger partial charge in [0.25, 0.3) is 0 Å². The van der Waals surface area contributed by atoms with E-state index in [0.29, 0.717) is 5.56 Å². The molecule has 0 atom stereocenters. The molecule has 0 saturated carbocycles. The highest BCUT2D eigenvalue weighted by atomic mass is 16.3. The standard InChI is InChI=1S/C8H7NO/c9-6-8(10)7-4-2-1-3-5-7/h1-5,9-10H. The zero-order valence-corrected chi connectivity index (χ0v) is 5.33. The first kappa shape index (κ1) is 6.59. The van der Waals surface area contributed by atoms with Gasteiger partial charge in [0.1, 0.15) is 0 Å². The molecule has 0 fully saturated rings. The number of aliphatic hydroxyl groups is 1. The second-order valence-electron chi connectivity index (χ2n) is 1.84. The normalized spacial score (nSPS) is 8.40. The quantitative estimate of drug-likeness (QED) is 0.445. The predicted octanol–water partition coefficient (Wildman–Crippen LogP) is 1.83. The Bertz CT molecular complexity index is 260. The van der Waals surface area contributed by atoms with Crippen molar-refractivity contribution in [2.45, 2.75) is 0 Å². The van der Waals surface area contributed by atoms with Crippen molar-refractivity contribution in [2.75, 3.05) is 0 Å². The third kappa shape index (κ3) is 1.24. The highest BCUT2D eigenvalue weighted by molar-refractivity contribution is 5.82. The lowest BCUT2D eigenvalue weighted by atomic mass is 10.2. The van der Waals surface area contributed by atoms with E-state index in [1.165, 1.54) is 0 Å². The molecule has 2 nitrogen and oxygen atoms in total. The van der Waals surface area contributed by atoms with Gasteiger partial charge < -0.3 is 5.11 Å². The van der Waals surface area contributed by atoms with Gasteiger partial charge in [0, 0.05) is 11.4 Å². The molecule has 1 aromatic carbocycles. The van der Waals surface area contributed by atoms with Gasteiger partial charge in [-0.25, -0.2) is 0 Å². The Morgan fingerprint density at radius 1 is 1.30 bits per heavy atom. The van der Waals surface area contributed by atoms with E-state index >= 15 is 0 Å². The Hall–Kier alpha value is -1.53. The lowest BCUT2D eigenvalue weighted by molar-refractivity contribution is 0.517. The average Bonchev–Trinajstić information content (AvgIpc) is 2.05. The minimum absolute atomic E-state index is 0.124. The molecular formula is C8H7NO. The molecule has 50 valence electrons. The van der Waals surface area contributed by atoms with Crippen LogP contribution in [-0.2, 0) is 0 Å². The fraction of sp³-hybridized carbons (Fsp3) is 0. The van der Waals surface area contributed by atoms with Crippen molar-refractivity contribution in [3.63, 3.8) is 0 Å². The molecule has 10 heavy (non-hydrogen) atoms. The van der Waals surface area contributed by atoms with Crippen LogP contribution in [0.2, 0.25) is 0 Å². The van der Waals surface area contributed by atoms with Crippen molar-refractivity contribution in [1.82, 2.24) is 0 Å². The Kier molecular flexibility index (Phi) is 1.88. The first-order chi connectivity index (χ1) is 4.84. The molecule has 2 heteroatoms. The molecule has 0 bridgehead atoms. The van der Waals surface area contributed by atoms with Crippen LogP contribution in [0, 0.1) is 5.41 Å². The van der Waals surface area contributed by atoms with Crippen molar-refractivity contribution in [2.24, 2.45) is 0 Å². The van der Waals surface area contributed by atoms with E-state index in [-0.39, 0.29) is 5.76 Å². The van der Waals surface area contributed by atoms with E-state index in [4.69, 9.17) is 10.5 Å². The van der Waals surface area contributed by atoms with Gasteiger partial charge >= 0.3 is 0 Å². The van der Waals surface area contributed by atoms with Crippen molar-refractivity contribution in [3.05, 3.63) is 35.9 Å². The summed E-state index contributed by atoms with van der Waals surface area (Å²) in [6.45, 7) is 0. The van der Waals surface area contributed by atoms with Gasteiger partial charge in [-0.2, -0.15) is 0 Å². The van der Waals surface area contributed by atoms with E-state index in [1.54, 1.807) is 24.3 Å². The van der Waals surface area contributed by atoms with Gasteiger partial charge in [-0.15, -0.1) is 0 Å². The third-order valence-electron chi connectivity index (χ3n) is 1.17. The van der Waals surface area contributed by atoms with Crippen LogP contribution in [0.1, 0.15) is 5.56 Å². The molecule has 0 unspecified atom stereocenters. The van der Waals surface area contributed by atoms with Gasteiger partial charge in [0.05, 0.1) is 0 Å². The first-order valence-corrected chi connectivity index (χ1v) is 2.88. The van der Waals surface area contributed by atoms with Crippen LogP contribution in [0.4, 0.5) is 0 Å². The number of aliphatic hydroxyl groups excluding tert-OH is 1. The minimum Gasteiger partial charge on any atom is -0.500 e. The molecular weight excluding hydrogens is 126 g/mol. The Morgan fingerprint density at radius 2 is 1.90 bits per heavy atom. The Balaban J connectivity index is 3.08. The van der Waals surface area contributed by atoms with Gasteiger partial charge in [-0.3, -0.25) is 5.41 Å². The lowest BCUT2D eigenvalue weighted by Gasteiger charge is -1.92. The molecule has 0 radical (unpaired) electrons. The number of hydrogen-bond donors (Lipinski definition) is 2. The highest BCUT2D eigenvalue weighted by Crippen LogP contribution is 2.05. The third-order valence-corrected chi connectivity index (χ3v) is 1.17. The van der Waals surface area contributed by atoms with E-state index < -0.39 is 0 Å². The van der Waals surface area contributed by atoms with Crippen molar-refractivity contribution in [3.8, 4) is 0 Å². The van der Waals surface area contributed by atoms with Gasteiger partial charge in [-0.1, -0.05) is 30.3 Å². The summed E-state index contributed by atoms with van der Waals surface area (Å²) in [6.07, 6.45) is 0. The second kappa shape index (κ2) is 2.85. The zero-order chi connectivity index (χ0) is 7.40. The van der Waals surface area contributed by atoms with Gasteiger partial charge in [0.2, 0.25) is 0 Å². The molecule has 0 aliphatic heterocycles. The van der Waals surface area contributed by atoms with Crippen LogP contribution in [0.25, 0.3) is 5.76 Å². The predicted molar refractivity (Wildman–Crippen MR) is 40.2 cm³/mol. The smallest absolute Gasteiger partial charge is 0.185 e. The fourth-order valence-corrected chi connectivity index (χ4v) is 0.668.